The third-order valence-corrected chi connectivity index (χ3v) is 7.93. The second kappa shape index (κ2) is 7.17. The minimum absolute atomic E-state index is 0.368. The second-order valence-electron chi connectivity index (χ2n) is 9.22. The van der Waals surface area contributed by atoms with Gasteiger partial charge in [-0.1, -0.05) is 0 Å². The normalized spacial score (nSPS) is 15.1. The van der Waals surface area contributed by atoms with Gasteiger partial charge in [0.25, 0.3) is 0 Å². The van der Waals surface area contributed by atoms with Crippen molar-refractivity contribution in [2.75, 3.05) is 0 Å². The predicted molar refractivity (Wildman–Crippen MR) is 118 cm³/mol. The number of hydrogen-bond acceptors (Lipinski definition) is 1. The van der Waals surface area contributed by atoms with Gasteiger partial charge in [-0.05, 0) is 147 Å². The topological polar surface area (TPSA) is 17.1 Å². The van der Waals surface area contributed by atoms with Crippen molar-refractivity contribution >= 4 is 5.78 Å². The molecule has 2 aliphatic rings. The minimum atomic E-state index is 0.368. The molecule has 0 heterocycles. The summed E-state index contributed by atoms with van der Waals surface area (Å²) in [4.78, 5) is 13.2. The summed E-state index contributed by atoms with van der Waals surface area (Å²) in [6.45, 7) is 13.4. The molecule has 0 amide bonds. The second-order valence-corrected chi connectivity index (χ2v) is 9.22. The van der Waals surface area contributed by atoms with Crippen LogP contribution in [0.5, 0.6) is 0 Å². The smallest absolute Gasteiger partial charge is 0.141 e. The largest absolute Gasteiger partial charge is 0.299 e. The zero-order chi connectivity index (χ0) is 20.2. The van der Waals surface area contributed by atoms with Crippen LogP contribution in [-0.4, -0.2) is 5.78 Å². The Morgan fingerprint density at radius 3 is 1.21 bits per heavy atom. The number of fused-ring (bicyclic) bond motifs is 2. The van der Waals surface area contributed by atoms with Crippen molar-refractivity contribution in [2.45, 2.75) is 92.9 Å². The maximum absolute atomic E-state index is 13.2. The molecule has 0 saturated carbocycles. The summed E-state index contributed by atoms with van der Waals surface area (Å²) in [6.07, 6.45) is 8.49. The Morgan fingerprint density at radius 1 is 0.536 bits per heavy atom. The van der Waals surface area contributed by atoms with Crippen LogP contribution in [0.15, 0.2) is 0 Å². The molecule has 4 rings (SSSR count). The lowest BCUT2D eigenvalue weighted by Gasteiger charge is -2.20. The molecule has 0 spiro atoms. The lowest BCUT2D eigenvalue weighted by Crippen LogP contribution is -2.14. The fourth-order valence-electron chi connectivity index (χ4n) is 5.96. The number of carbonyl (C=O) groups excluding carboxylic acids is 1. The molecule has 148 valence electrons. The molecule has 2 aromatic rings. The van der Waals surface area contributed by atoms with Crippen LogP contribution < -0.4 is 0 Å². The van der Waals surface area contributed by atoms with Crippen molar-refractivity contribution in [3.05, 3.63) is 66.8 Å². The molecule has 1 nitrogen and oxygen atoms in total. The Labute approximate surface area is 170 Å². The first-order valence-electron chi connectivity index (χ1n) is 11.0. The monoisotopic (exact) mass is 374 g/mol. The van der Waals surface area contributed by atoms with E-state index < -0.39 is 0 Å². The van der Waals surface area contributed by atoms with Gasteiger partial charge in [-0.2, -0.15) is 0 Å². The molecule has 0 aromatic heterocycles. The molecule has 0 radical (unpaired) electrons. The molecule has 2 aliphatic carbocycles. The summed E-state index contributed by atoms with van der Waals surface area (Å²) in [5.41, 5.74) is 17.1. The lowest BCUT2D eigenvalue weighted by atomic mass is 9.84. The minimum Gasteiger partial charge on any atom is -0.299 e. The molecular formula is C27H34O. The van der Waals surface area contributed by atoms with Crippen LogP contribution in [0.4, 0.5) is 0 Å². The number of rotatable bonds is 4. The van der Waals surface area contributed by atoms with Gasteiger partial charge in [0.1, 0.15) is 5.78 Å². The van der Waals surface area contributed by atoms with Gasteiger partial charge >= 0.3 is 0 Å². The van der Waals surface area contributed by atoms with Crippen LogP contribution >= 0.6 is 0 Å². The van der Waals surface area contributed by atoms with E-state index >= 15 is 0 Å². The van der Waals surface area contributed by atoms with Gasteiger partial charge in [0.15, 0.2) is 0 Å². The molecule has 0 unspecified atom stereocenters. The van der Waals surface area contributed by atoms with Crippen LogP contribution in [-0.2, 0) is 43.3 Å². The molecule has 0 atom stereocenters. The average Bonchev–Trinajstić information content (AvgIpc) is 3.35. The summed E-state index contributed by atoms with van der Waals surface area (Å²) < 4.78 is 0. The SMILES string of the molecule is Cc1c(C)c2c(c(C)c1CC(=O)Cc1c(C)c(C)c3c(c1C)CCC3)CCC2. The summed E-state index contributed by atoms with van der Waals surface area (Å²) in [6, 6.07) is 0. The molecule has 2 aromatic carbocycles. The van der Waals surface area contributed by atoms with Crippen molar-refractivity contribution in [1.82, 2.24) is 0 Å². The van der Waals surface area contributed by atoms with Gasteiger partial charge < -0.3 is 0 Å². The van der Waals surface area contributed by atoms with E-state index in [1.54, 1.807) is 11.1 Å². The van der Waals surface area contributed by atoms with Crippen molar-refractivity contribution in [2.24, 2.45) is 0 Å². The molecule has 1 heteroatoms. The highest BCUT2D eigenvalue weighted by Crippen LogP contribution is 2.35. The molecule has 28 heavy (non-hydrogen) atoms. The van der Waals surface area contributed by atoms with E-state index in [0.717, 1.165) is 0 Å². The first kappa shape index (κ1) is 19.4. The molecular weight excluding hydrogens is 340 g/mol. The highest BCUT2D eigenvalue weighted by molar-refractivity contribution is 5.85. The Balaban J connectivity index is 1.66. The molecule has 0 bridgehead atoms. The van der Waals surface area contributed by atoms with E-state index in [2.05, 4.69) is 41.5 Å². The van der Waals surface area contributed by atoms with Gasteiger partial charge in [0.2, 0.25) is 0 Å². The summed E-state index contributed by atoms with van der Waals surface area (Å²) in [5.74, 6) is 0.368. The number of ketones is 1. The lowest BCUT2D eigenvalue weighted by molar-refractivity contribution is -0.117. The van der Waals surface area contributed by atoms with Crippen LogP contribution in [0.3, 0.4) is 0 Å². The van der Waals surface area contributed by atoms with Crippen molar-refractivity contribution in [1.29, 1.82) is 0 Å². The van der Waals surface area contributed by atoms with Crippen LogP contribution in [0.25, 0.3) is 0 Å². The molecule has 0 N–H and O–H groups in total. The number of Topliss-reactive ketones (excluding diaryl/α,β-unsaturated/α-hetero) is 1. The number of hydrogen-bond donors (Lipinski definition) is 0. The van der Waals surface area contributed by atoms with Crippen molar-refractivity contribution in [3.8, 4) is 0 Å². The van der Waals surface area contributed by atoms with Crippen LogP contribution in [0.2, 0.25) is 0 Å². The Bertz CT molecular complexity index is 911. The number of carbonyl (C=O) groups is 1. The first-order valence-corrected chi connectivity index (χ1v) is 11.0. The maximum atomic E-state index is 13.2. The summed E-state index contributed by atoms with van der Waals surface area (Å²) in [7, 11) is 0. The Morgan fingerprint density at radius 2 is 0.857 bits per heavy atom. The molecule has 0 aliphatic heterocycles. The average molecular weight is 375 g/mol. The van der Waals surface area contributed by atoms with Gasteiger partial charge in [-0.15, -0.1) is 0 Å². The van der Waals surface area contributed by atoms with E-state index in [1.807, 2.05) is 0 Å². The molecule has 0 saturated heterocycles. The van der Waals surface area contributed by atoms with Gasteiger partial charge in [-0.25, -0.2) is 0 Å². The Hall–Kier alpha value is -1.89. The number of benzene rings is 2. The predicted octanol–water partition coefficient (Wildman–Crippen LogP) is 5.87. The van der Waals surface area contributed by atoms with Crippen molar-refractivity contribution in [3.63, 3.8) is 0 Å². The van der Waals surface area contributed by atoms with E-state index in [1.165, 1.54) is 94.2 Å². The maximum Gasteiger partial charge on any atom is 0.141 e. The molecule has 0 fully saturated rings. The highest BCUT2D eigenvalue weighted by atomic mass is 16.1. The highest BCUT2D eigenvalue weighted by Gasteiger charge is 2.24. The zero-order valence-corrected chi connectivity index (χ0v) is 18.6. The fourth-order valence-corrected chi connectivity index (χ4v) is 5.96. The van der Waals surface area contributed by atoms with Crippen molar-refractivity contribution < 1.29 is 4.79 Å². The van der Waals surface area contributed by atoms with Crippen LogP contribution in [0, 0.1) is 41.5 Å². The van der Waals surface area contributed by atoms with E-state index in [-0.39, 0.29) is 0 Å². The van der Waals surface area contributed by atoms with Gasteiger partial charge in [0, 0.05) is 12.8 Å². The summed E-state index contributed by atoms with van der Waals surface area (Å²) >= 11 is 0. The van der Waals surface area contributed by atoms with Gasteiger partial charge in [0.05, 0.1) is 0 Å². The third kappa shape index (κ3) is 2.95. The van der Waals surface area contributed by atoms with E-state index in [9.17, 15) is 4.79 Å². The van der Waals surface area contributed by atoms with Crippen LogP contribution in [0.1, 0.15) is 79.6 Å². The van der Waals surface area contributed by atoms with Gasteiger partial charge in [-0.3, -0.25) is 4.79 Å². The van der Waals surface area contributed by atoms with E-state index in [0.29, 0.717) is 18.6 Å². The third-order valence-electron chi connectivity index (χ3n) is 7.93. The standard InChI is InChI=1S/C27H34O/c1-15-17(3)26(19(5)24-11-7-9-22(15)24)13-21(28)14-27-18(4)16(2)23-10-8-12-25(23)20(27)6/h7-14H2,1-6H3. The Kier molecular flexibility index (Phi) is 4.98. The fraction of sp³-hybridized carbons (Fsp3) is 0.519. The summed E-state index contributed by atoms with van der Waals surface area (Å²) in [5, 5.41) is 0. The zero-order valence-electron chi connectivity index (χ0n) is 18.6. The quantitative estimate of drug-likeness (QED) is 0.654. The first-order chi connectivity index (χ1) is 13.3. The van der Waals surface area contributed by atoms with E-state index in [4.69, 9.17) is 0 Å².